The molecule has 0 aromatic heterocycles. The van der Waals surface area contributed by atoms with Gasteiger partial charge in [0.1, 0.15) is 22.3 Å². The van der Waals surface area contributed by atoms with Gasteiger partial charge in [-0.25, -0.2) is 18.0 Å². The summed E-state index contributed by atoms with van der Waals surface area (Å²) < 4.78 is 42.3. The zero-order chi connectivity index (χ0) is 16.8. The van der Waals surface area contributed by atoms with Crippen molar-refractivity contribution in [3.63, 3.8) is 0 Å². The second-order valence-electron chi connectivity index (χ2n) is 3.68. The van der Waals surface area contributed by atoms with Gasteiger partial charge in [0.25, 0.3) is 0 Å². The third-order valence-corrected chi connectivity index (χ3v) is 2.97. The minimum atomic E-state index is -4.89. The second kappa shape index (κ2) is 7.27. The highest BCUT2D eigenvalue weighted by atomic mass is 32.2. The summed E-state index contributed by atoms with van der Waals surface area (Å²) in [5.41, 5.74) is -0.674. The minimum Gasteiger partial charge on any atom is -0.744 e. The van der Waals surface area contributed by atoms with Crippen LogP contribution in [0.3, 0.4) is 0 Å². The Hall–Kier alpha value is -2.81. The molecule has 1 aromatic carbocycles. The number of benzene rings is 1. The van der Waals surface area contributed by atoms with E-state index in [1.54, 1.807) is 0 Å². The van der Waals surface area contributed by atoms with Crippen molar-refractivity contribution in [1.82, 2.24) is 0 Å². The van der Waals surface area contributed by atoms with E-state index in [2.05, 4.69) is 21.3 Å². The SMILES string of the molecule is CC#COC(=O)c1cc(C(=O)OC#CC)cc(S(=O)(=O)[O-])c1. The molecule has 0 aliphatic rings. The maximum atomic E-state index is 11.7. The quantitative estimate of drug-likeness (QED) is 0.461. The van der Waals surface area contributed by atoms with Crippen LogP contribution in [0.5, 0.6) is 0 Å². The molecule has 0 atom stereocenters. The van der Waals surface area contributed by atoms with Crippen LogP contribution in [0.25, 0.3) is 0 Å². The molecular weight excluding hydrogens is 312 g/mol. The maximum Gasteiger partial charge on any atom is 0.352 e. The van der Waals surface area contributed by atoms with Gasteiger partial charge < -0.3 is 14.0 Å². The topological polar surface area (TPSA) is 110 Å². The number of hydrogen-bond donors (Lipinski definition) is 0. The summed E-state index contributed by atoms with van der Waals surface area (Å²) in [7, 11) is -4.89. The van der Waals surface area contributed by atoms with Crippen LogP contribution in [0.2, 0.25) is 0 Å². The number of carbonyl (C=O) groups excluding carboxylic acids is 2. The molecule has 0 unspecified atom stereocenters. The first kappa shape index (κ1) is 17.2. The van der Waals surface area contributed by atoms with Crippen molar-refractivity contribution in [2.45, 2.75) is 18.7 Å². The Morgan fingerprint density at radius 1 is 0.955 bits per heavy atom. The van der Waals surface area contributed by atoms with Crippen LogP contribution in [0.4, 0.5) is 0 Å². The summed E-state index contributed by atoms with van der Waals surface area (Å²) in [5, 5.41) is 0. The van der Waals surface area contributed by atoms with E-state index in [1.165, 1.54) is 13.8 Å². The van der Waals surface area contributed by atoms with Crippen LogP contribution in [-0.2, 0) is 19.6 Å². The summed E-state index contributed by atoms with van der Waals surface area (Å²) >= 11 is 0. The lowest BCUT2D eigenvalue weighted by Crippen LogP contribution is -2.10. The van der Waals surface area contributed by atoms with Crippen molar-refractivity contribution in [3.05, 3.63) is 29.3 Å². The maximum absolute atomic E-state index is 11.7. The first-order chi connectivity index (χ1) is 10.3. The van der Waals surface area contributed by atoms with Crippen molar-refractivity contribution < 1.29 is 32.0 Å². The molecule has 114 valence electrons. The second-order valence-corrected chi connectivity index (χ2v) is 5.06. The van der Waals surface area contributed by atoms with E-state index in [9.17, 15) is 22.6 Å². The standard InChI is InChI=1S/C14H10O7S/c1-3-5-20-13(15)10-7-11(14(16)21-6-4-2)9-12(8-10)22(17,18)19/h7-9H,1-2H3,(H,17,18,19)/p-1. The fourth-order valence-corrected chi connectivity index (χ4v) is 1.83. The molecule has 0 heterocycles. The van der Waals surface area contributed by atoms with Gasteiger partial charge in [-0.2, -0.15) is 0 Å². The fourth-order valence-electron chi connectivity index (χ4n) is 1.29. The summed E-state index contributed by atoms with van der Waals surface area (Å²) in [6.45, 7) is 2.83. The summed E-state index contributed by atoms with van der Waals surface area (Å²) in [6, 6.07) is 2.57. The molecule has 22 heavy (non-hydrogen) atoms. The number of carbonyl (C=O) groups is 2. The van der Waals surface area contributed by atoms with Gasteiger partial charge in [-0.1, -0.05) is 11.8 Å². The van der Waals surface area contributed by atoms with Gasteiger partial charge in [-0.15, -0.1) is 0 Å². The average molecular weight is 321 g/mol. The Morgan fingerprint density at radius 3 is 1.68 bits per heavy atom. The Morgan fingerprint density at radius 2 is 1.36 bits per heavy atom. The van der Waals surface area contributed by atoms with Crippen LogP contribution in [0.15, 0.2) is 23.1 Å². The Kier molecular flexibility index (Phi) is 5.70. The molecule has 7 nitrogen and oxygen atoms in total. The zero-order valence-electron chi connectivity index (χ0n) is 11.5. The van der Waals surface area contributed by atoms with Crippen LogP contribution >= 0.6 is 0 Å². The predicted molar refractivity (Wildman–Crippen MR) is 72.1 cm³/mol. The minimum absolute atomic E-state index is 0.337. The molecule has 0 saturated carbocycles. The van der Waals surface area contributed by atoms with Gasteiger partial charge in [-0.3, -0.25) is 0 Å². The van der Waals surface area contributed by atoms with Gasteiger partial charge in [-0.05, 0) is 18.2 Å². The molecule has 0 bridgehead atoms. The molecule has 0 fully saturated rings. The van der Waals surface area contributed by atoms with E-state index in [1.807, 2.05) is 12.2 Å². The molecule has 0 aliphatic carbocycles. The van der Waals surface area contributed by atoms with Gasteiger partial charge in [0.2, 0.25) is 0 Å². The van der Waals surface area contributed by atoms with Crippen LogP contribution < -0.4 is 0 Å². The molecule has 8 heteroatoms. The van der Waals surface area contributed by atoms with Gasteiger partial charge in [0, 0.05) is 13.8 Å². The smallest absolute Gasteiger partial charge is 0.352 e. The molecule has 1 rings (SSSR count). The molecular formula is C14H9O7S-. The Balaban J connectivity index is 3.37. The van der Waals surface area contributed by atoms with Gasteiger partial charge >= 0.3 is 11.9 Å². The highest BCUT2D eigenvalue weighted by molar-refractivity contribution is 7.85. The van der Waals surface area contributed by atoms with Crippen LogP contribution in [0.1, 0.15) is 34.6 Å². The molecule has 0 radical (unpaired) electrons. The van der Waals surface area contributed by atoms with E-state index >= 15 is 0 Å². The zero-order valence-corrected chi connectivity index (χ0v) is 12.3. The van der Waals surface area contributed by atoms with Crippen molar-refractivity contribution in [2.75, 3.05) is 0 Å². The predicted octanol–water partition coefficient (Wildman–Crippen LogP) is 0.866. The Bertz CT molecular complexity index is 777. The van der Waals surface area contributed by atoms with Crippen molar-refractivity contribution >= 4 is 22.1 Å². The molecule has 0 saturated heterocycles. The first-order valence-electron chi connectivity index (χ1n) is 5.66. The highest BCUT2D eigenvalue weighted by Gasteiger charge is 2.17. The van der Waals surface area contributed by atoms with E-state index in [0.717, 1.165) is 18.2 Å². The number of hydrogen-bond acceptors (Lipinski definition) is 7. The lowest BCUT2D eigenvalue weighted by Gasteiger charge is -2.10. The number of esters is 2. The van der Waals surface area contributed by atoms with E-state index in [0.29, 0.717) is 0 Å². The summed E-state index contributed by atoms with van der Waals surface area (Å²) in [5.74, 6) is 2.55. The first-order valence-corrected chi connectivity index (χ1v) is 7.07. The van der Waals surface area contributed by atoms with Crippen LogP contribution in [-0.4, -0.2) is 24.9 Å². The molecule has 0 aliphatic heterocycles. The number of rotatable bonds is 3. The van der Waals surface area contributed by atoms with E-state index < -0.39 is 27.0 Å². The van der Waals surface area contributed by atoms with E-state index in [4.69, 9.17) is 0 Å². The highest BCUT2D eigenvalue weighted by Crippen LogP contribution is 2.17. The van der Waals surface area contributed by atoms with Gasteiger partial charge in [0.15, 0.2) is 0 Å². The van der Waals surface area contributed by atoms with Gasteiger partial charge in [0.05, 0.1) is 16.0 Å². The fraction of sp³-hybridized carbons (Fsp3) is 0.143. The molecule has 0 N–H and O–H groups in total. The molecule has 1 aromatic rings. The monoisotopic (exact) mass is 321 g/mol. The van der Waals surface area contributed by atoms with E-state index in [-0.39, 0.29) is 11.1 Å². The van der Waals surface area contributed by atoms with Crippen molar-refractivity contribution in [1.29, 1.82) is 0 Å². The third kappa shape index (κ3) is 4.63. The molecule has 0 spiro atoms. The lowest BCUT2D eigenvalue weighted by molar-refractivity contribution is 0.0689. The summed E-state index contributed by atoms with van der Waals surface area (Å²) in [4.78, 5) is 22.6. The average Bonchev–Trinajstić information content (AvgIpc) is 2.48. The Labute approximate surface area is 127 Å². The van der Waals surface area contributed by atoms with Crippen molar-refractivity contribution in [2.24, 2.45) is 0 Å². The normalized spacial score (nSPS) is 9.59. The largest absolute Gasteiger partial charge is 0.744 e. The molecule has 0 amide bonds. The van der Waals surface area contributed by atoms with Crippen molar-refractivity contribution in [3.8, 4) is 24.1 Å². The van der Waals surface area contributed by atoms with Crippen LogP contribution in [0, 0.1) is 24.1 Å². The number of ether oxygens (including phenoxy) is 2. The summed E-state index contributed by atoms with van der Waals surface area (Å²) in [6.07, 6.45) is 4.04. The third-order valence-electron chi connectivity index (χ3n) is 2.16. The lowest BCUT2D eigenvalue weighted by atomic mass is 10.1.